The van der Waals surface area contributed by atoms with Gasteiger partial charge in [-0.15, -0.1) is 0 Å². The van der Waals surface area contributed by atoms with E-state index in [0.717, 1.165) is 31.1 Å². The van der Waals surface area contributed by atoms with Gasteiger partial charge in [0.2, 0.25) is 6.79 Å². The number of aryl methyl sites for hydroxylation is 1. The Labute approximate surface area is 118 Å². The van der Waals surface area contributed by atoms with Crippen LogP contribution in [0.5, 0.6) is 11.5 Å². The fourth-order valence-corrected chi connectivity index (χ4v) is 2.37. The van der Waals surface area contributed by atoms with Gasteiger partial charge in [-0.1, -0.05) is 6.07 Å². The number of hydrogen-bond donors (Lipinski definition) is 1. The highest BCUT2D eigenvalue weighted by atomic mass is 16.7. The highest BCUT2D eigenvalue weighted by Crippen LogP contribution is 2.32. The maximum Gasteiger partial charge on any atom is 0.231 e. The second kappa shape index (κ2) is 5.54. The van der Waals surface area contributed by atoms with Crippen molar-refractivity contribution in [2.24, 2.45) is 0 Å². The number of nitrogens with zero attached hydrogens (tertiary/aromatic N) is 2. The van der Waals surface area contributed by atoms with E-state index in [1.807, 2.05) is 23.0 Å². The standard InChI is InChI=1S/C15H19N3O2/c1-3-18-11(2)13(9-17-18)8-16-7-12-4-5-14-15(6-12)20-10-19-14/h4-6,9,16H,3,7-8,10H2,1-2H3. The van der Waals surface area contributed by atoms with E-state index in [9.17, 15) is 0 Å². The molecule has 0 atom stereocenters. The van der Waals surface area contributed by atoms with Gasteiger partial charge < -0.3 is 14.8 Å². The molecule has 0 saturated carbocycles. The summed E-state index contributed by atoms with van der Waals surface area (Å²) in [5.74, 6) is 1.66. The summed E-state index contributed by atoms with van der Waals surface area (Å²) in [7, 11) is 0. The smallest absolute Gasteiger partial charge is 0.231 e. The van der Waals surface area contributed by atoms with E-state index in [4.69, 9.17) is 9.47 Å². The number of fused-ring (bicyclic) bond motifs is 1. The Morgan fingerprint density at radius 3 is 2.90 bits per heavy atom. The van der Waals surface area contributed by atoms with Crippen LogP contribution in [-0.4, -0.2) is 16.6 Å². The Bertz CT molecular complexity index is 607. The minimum absolute atomic E-state index is 0.321. The van der Waals surface area contributed by atoms with Crippen LogP contribution >= 0.6 is 0 Å². The molecule has 106 valence electrons. The van der Waals surface area contributed by atoms with E-state index < -0.39 is 0 Å². The summed E-state index contributed by atoms with van der Waals surface area (Å²) >= 11 is 0. The van der Waals surface area contributed by atoms with Gasteiger partial charge in [-0.25, -0.2) is 0 Å². The summed E-state index contributed by atoms with van der Waals surface area (Å²) in [6, 6.07) is 6.04. The van der Waals surface area contributed by atoms with E-state index in [1.54, 1.807) is 0 Å². The summed E-state index contributed by atoms with van der Waals surface area (Å²) in [5, 5.41) is 7.78. The number of benzene rings is 1. The van der Waals surface area contributed by atoms with Crippen molar-refractivity contribution in [2.45, 2.75) is 33.5 Å². The first-order chi connectivity index (χ1) is 9.78. The normalized spacial score (nSPS) is 12.9. The highest BCUT2D eigenvalue weighted by Gasteiger charge is 2.13. The van der Waals surface area contributed by atoms with Crippen molar-refractivity contribution in [1.82, 2.24) is 15.1 Å². The maximum atomic E-state index is 5.38. The molecule has 0 amide bonds. The quantitative estimate of drug-likeness (QED) is 0.907. The van der Waals surface area contributed by atoms with E-state index in [-0.39, 0.29) is 0 Å². The SMILES string of the molecule is CCn1ncc(CNCc2ccc3c(c2)OCO3)c1C. The lowest BCUT2D eigenvalue weighted by Crippen LogP contribution is -2.13. The van der Waals surface area contributed by atoms with Crippen molar-refractivity contribution in [3.8, 4) is 11.5 Å². The first kappa shape index (κ1) is 13.0. The lowest BCUT2D eigenvalue weighted by Gasteiger charge is -2.06. The summed E-state index contributed by atoms with van der Waals surface area (Å²) in [5.41, 5.74) is 3.66. The van der Waals surface area contributed by atoms with Crippen LogP contribution < -0.4 is 14.8 Å². The molecule has 1 aliphatic rings. The molecule has 5 heteroatoms. The van der Waals surface area contributed by atoms with Crippen LogP contribution in [0.2, 0.25) is 0 Å². The molecule has 2 heterocycles. The van der Waals surface area contributed by atoms with Crippen LogP contribution in [0.1, 0.15) is 23.7 Å². The molecule has 2 aromatic rings. The number of hydrogen-bond acceptors (Lipinski definition) is 4. The third-order valence-electron chi connectivity index (χ3n) is 3.59. The van der Waals surface area contributed by atoms with Crippen molar-refractivity contribution in [3.63, 3.8) is 0 Å². The first-order valence-electron chi connectivity index (χ1n) is 6.88. The number of rotatable bonds is 5. The second-order valence-electron chi connectivity index (χ2n) is 4.86. The molecule has 3 rings (SSSR count). The summed E-state index contributed by atoms with van der Waals surface area (Å²) in [4.78, 5) is 0. The molecular formula is C15H19N3O2. The molecule has 1 aromatic heterocycles. The average molecular weight is 273 g/mol. The number of aromatic nitrogens is 2. The van der Waals surface area contributed by atoms with Crippen molar-refractivity contribution in [2.75, 3.05) is 6.79 Å². The molecule has 0 aliphatic carbocycles. The third kappa shape index (κ3) is 2.49. The second-order valence-corrected chi connectivity index (χ2v) is 4.86. The molecule has 0 bridgehead atoms. The Hall–Kier alpha value is -2.01. The minimum Gasteiger partial charge on any atom is -0.454 e. The predicted octanol–water partition coefficient (Wildman–Crippen LogP) is 2.23. The molecule has 1 N–H and O–H groups in total. The molecule has 1 aromatic carbocycles. The maximum absolute atomic E-state index is 5.38. The molecule has 20 heavy (non-hydrogen) atoms. The molecule has 0 fully saturated rings. The largest absolute Gasteiger partial charge is 0.454 e. The summed E-state index contributed by atoms with van der Waals surface area (Å²) in [6.45, 7) is 7.06. The van der Waals surface area contributed by atoms with Gasteiger partial charge in [0, 0.05) is 30.9 Å². The van der Waals surface area contributed by atoms with Gasteiger partial charge in [0.05, 0.1) is 6.20 Å². The fourth-order valence-electron chi connectivity index (χ4n) is 2.37. The van der Waals surface area contributed by atoms with Gasteiger partial charge in [-0.05, 0) is 31.5 Å². The van der Waals surface area contributed by atoms with E-state index in [2.05, 4.69) is 30.3 Å². The monoisotopic (exact) mass is 273 g/mol. The summed E-state index contributed by atoms with van der Waals surface area (Å²) in [6.07, 6.45) is 1.94. The van der Waals surface area contributed by atoms with Gasteiger partial charge >= 0.3 is 0 Å². The summed E-state index contributed by atoms with van der Waals surface area (Å²) < 4.78 is 12.7. The first-order valence-corrected chi connectivity index (χ1v) is 6.88. The third-order valence-corrected chi connectivity index (χ3v) is 3.59. The molecule has 5 nitrogen and oxygen atoms in total. The zero-order chi connectivity index (χ0) is 13.9. The fraction of sp³-hybridized carbons (Fsp3) is 0.400. The average Bonchev–Trinajstić information content (AvgIpc) is 3.05. The van der Waals surface area contributed by atoms with Gasteiger partial charge in [-0.3, -0.25) is 4.68 Å². The Kier molecular flexibility index (Phi) is 3.60. The minimum atomic E-state index is 0.321. The zero-order valence-corrected chi connectivity index (χ0v) is 11.8. The zero-order valence-electron chi connectivity index (χ0n) is 11.8. The van der Waals surface area contributed by atoms with Gasteiger partial charge in [0.1, 0.15) is 0 Å². The molecular weight excluding hydrogens is 254 g/mol. The van der Waals surface area contributed by atoms with Crippen LogP contribution in [0.25, 0.3) is 0 Å². The van der Waals surface area contributed by atoms with Crippen LogP contribution in [0.4, 0.5) is 0 Å². The van der Waals surface area contributed by atoms with Crippen LogP contribution in [0.3, 0.4) is 0 Å². The van der Waals surface area contributed by atoms with E-state index in [1.165, 1.54) is 16.8 Å². The van der Waals surface area contributed by atoms with Crippen molar-refractivity contribution >= 4 is 0 Å². The Morgan fingerprint density at radius 2 is 2.10 bits per heavy atom. The molecule has 0 saturated heterocycles. The topological polar surface area (TPSA) is 48.3 Å². The van der Waals surface area contributed by atoms with Crippen molar-refractivity contribution in [3.05, 3.63) is 41.2 Å². The van der Waals surface area contributed by atoms with Crippen LogP contribution in [0, 0.1) is 6.92 Å². The van der Waals surface area contributed by atoms with E-state index in [0.29, 0.717) is 6.79 Å². The molecule has 0 radical (unpaired) electrons. The molecule has 0 spiro atoms. The predicted molar refractivity (Wildman–Crippen MR) is 75.7 cm³/mol. The Morgan fingerprint density at radius 1 is 1.25 bits per heavy atom. The lowest BCUT2D eigenvalue weighted by molar-refractivity contribution is 0.174. The van der Waals surface area contributed by atoms with Gasteiger partial charge in [-0.2, -0.15) is 5.10 Å². The molecule has 0 unspecified atom stereocenters. The number of nitrogens with one attached hydrogen (secondary N) is 1. The van der Waals surface area contributed by atoms with E-state index >= 15 is 0 Å². The van der Waals surface area contributed by atoms with Crippen molar-refractivity contribution in [1.29, 1.82) is 0 Å². The molecule has 1 aliphatic heterocycles. The Balaban J connectivity index is 1.58. The van der Waals surface area contributed by atoms with Gasteiger partial charge in [0.15, 0.2) is 11.5 Å². The van der Waals surface area contributed by atoms with Crippen LogP contribution in [0.15, 0.2) is 24.4 Å². The highest BCUT2D eigenvalue weighted by molar-refractivity contribution is 5.44. The van der Waals surface area contributed by atoms with Crippen molar-refractivity contribution < 1.29 is 9.47 Å². The van der Waals surface area contributed by atoms with Gasteiger partial charge in [0.25, 0.3) is 0 Å². The number of ether oxygens (including phenoxy) is 2. The lowest BCUT2D eigenvalue weighted by atomic mass is 10.2. The van der Waals surface area contributed by atoms with Crippen LogP contribution in [-0.2, 0) is 19.6 Å².